The van der Waals surface area contributed by atoms with Crippen molar-refractivity contribution in [1.29, 1.82) is 0 Å². The Morgan fingerprint density at radius 1 is 1.48 bits per heavy atom. The van der Waals surface area contributed by atoms with Gasteiger partial charge in [-0.05, 0) is 54.8 Å². The van der Waals surface area contributed by atoms with Gasteiger partial charge >= 0.3 is 0 Å². The molecule has 0 fully saturated rings. The fourth-order valence-corrected chi connectivity index (χ4v) is 6.40. The summed E-state index contributed by atoms with van der Waals surface area (Å²) in [6.45, 7) is 2.28. The lowest BCUT2D eigenvalue weighted by Crippen LogP contribution is -2.30. The van der Waals surface area contributed by atoms with Gasteiger partial charge in [-0.1, -0.05) is 0 Å². The van der Waals surface area contributed by atoms with E-state index in [-0.39, 0.29) is 6.04 Å². The molecule has 4 nitrogen and oxygen atoms in total. The Hall–Kier alpha value is -0.730. The molecule has 0 radical (unpaired) electrons. The molecule has 21 heavy (non-hydrogen) atoms. The van der Waals surface area contributed by atoms with Gasteiger partial charge in [-0.2, -0.15) is 0 Å². The molecular formula is C14H18N2O2S3. The summed E-state index contributed by atoms with van der Waals surface area (Å²) in [7, 11) is -3.47. The van der Waals surface area contributed by atoms with E-state index in [1.807, 2.05) is 18.4 Å². The number of rotatable bonds is 4. The highest BCUT2D eigenvalue weighted by Crippen LogP contribution is 2.35. The molecule has 1 aliphatic rings. The van der Waals surface area contributed by atoms with E-state index in [2.05, 4.69) is 4.72 Å². The van der Waals surface area contributed by atoms with E-state index in [0.717, 1.165) is 35.3 Å². The Morgan fingerprint density at radius 2 is 2.29 bits per heavy atom. The van der Waals surface area contributed by atoms with Crippen molar-refractivity contribution >= 4 is 32.7 Å². The summed E-state index contributed by atoms with van der Waals surface area (Å²) in [4.78, 5) is 2.23. The standard InChI is InChI=1S/C14H18N2O2S3/c1-9-7-14(20-13(9)8-15)21(17,18)16-11-3-2-4-12-10(11)5-6-19-12/h5-7,11,16H,2-4,8,15H2,1H3. The van der Waals surface area contributed by atoms with Crippen LogP contribution in [0.15, 0.2) is 21.7 Å². The predicted molar refractivity (Wildman–Crippen MR) is 87.3 cm³/mol. The van der Waals surface area contributed by atoms with Crippen LogP contribution in [0.3, 0.4) is 0 Å². The Bertz CT molecular complexity index is 746. The predicted octanol–water partition coefficient (Wildman–Crippen LogP) is 2.93. The first-order valence-corrected chi connectivity index (χ1v) is 10.1. The molecule has 1 aliphatic carbocycles. The Balaban J connectivity index is 1.87. The topological polar surface area (TPSA) is 72.2 Å². The van der Waals surface area contributed by atoms with Crippen LogP contribution in [0.4, 0.5) is 0 Å². The molecule has 1 atom stereocenters. The maximum absolute atomic E-state index is 12.6. The lowest BCUT2D eigenvalue weighted by Gasteiger charge is -2.23. The Kier molecular flexibility index (Phi) is 4.20. The SMILES string of the molecule is Cc1cc(S(=O)(=O)NC2CCCc3sccc32)sc1CN. The van der Waals surface area contributed by atoms with Crippen molar-refractivity contribution < 1.29 is 8.42 Å². The molecule has 3 rings (SSSR count). The third-order valence-electron chi connectivity index (χ3n) is 3.80. The number of thiophene rings is 2. The molecule has 1 unspecified atom stereocenters. The van der Waals surface area contributed by atoms with Crippen LogP contribution in [0.2, 0.25) is 0 Å². The van der Waals surface area contributed by atoms with Gasteiger partial charge in [0, 0.05) is 22.3 Å². The maximum Gasteiger partial charge on any atom is 0.250 e. The van der Waals surface area contributed by atoms with Crippen molar-refractivity contribution in [3.8, 4) is 0 Å². The second kappa shape index (κ2) is 5.81. The number of nitrogens with two attached hydrogens (primary N) is 1. The molecule has 0 saturated carbocycles. The van der Waals surface area contributed by atoms with Crippen molar-refractivity contribution in [3.05, 3.63) is 38.4 Å². The van der Waals surface area contributed by atoms with Gasteiger partial charge in [0.25, 0.3) is 10.0 Å². The van der Waals surface area contributed by atoms with E-state index in [4.69, 9.17) is 5.73 Å². The van der Waals surface area contributed by atoms with E-state index < -0.39 is 10.0 Å². The minimum Gasteiger partial charge on any atom is -0.326 e. The third kappa shape index (κ3) is 2.93. The van der Waals surface area contributed by atoms with Crippen LogP contribution in [0.25, 0.3) is 0 Å². The minimum absolute atomic E-state index is 0.103. The number of nitrogens with one attached hydrogen (secondary N) is 1. The summed E-state index contributed by atoms with van der Waals surface area (Å²) in [6, 6.07) is 3.65. The fourth-order valence-electron chi connectivity index (χ4n) is 2.68. The highest BCUT2D eigenvalue weighted by molar-refractivity contribution is 7.91. The van der Waals surface area contributed by atoms with E-state index in [1.54, 1.807) is 17.4 Å². The van der Waals surface area contributed by atoms with E-state index in [9.17, 15) is 8.42 Å². The van der Waals surface area contributed by atoms with Crippen molar-refractivity contribution in [2.45, 2.75) is 43.0 Å². The van der Waals surface area contributed by atoms with Crippen LogP contribution in [0.1, 0.15) is 39.8 Å². The van der Waals surface area contributed by atoms with Gasteiger partial charge < -0.3 is 5.73 Å². The van der Waals surface area contributed by atoms with Crippen molar-refractivity contribution in [3.63, 3.8) is 0 Å². The van der Waals surface area contributed by atoms with Gasteiger partial charge in [-0.25, -0.2) is 13.1 Å². The first-order chi connectivity index (χ1) is 10.0. The van der Waals surface area contributed by atoms with Crippen LogP contribution < -0.4 is 10.5 Å². The van der Waals surface area contributed by atoms with Crippen LogP contribution >= 0.6 is 22.7 Å². The summed E-state index contributed by atoms with van der Waals surface area (Å²) in [5.74, 6) is 0. The molecule has 114 valence electrons. The first kappa shape index (κ1) is 15.2. The van der Waals surface area contributed by atoms with Gasteiger partial charge in [0.05, 0.1) is 0 Å². The molecule has 3 N–H and O–H groups in total. The molecular weight excluding hydrogens is 324 g/mol. The summed E-state index contributed by atoms with van der Waals surface area (Å²) in [5, 5.41) is 2.04. The maximum atomic E-state index is 12.6. The molecule has 0 aromatic carbocycles. The molecule has 0 bridgehead atoms. The fraction of sp³-hybridized carbons (Fsp3) is 0.429. The molecule has 2 heterocycles. The molecule has 2 aromatic heterocycles. The minimum atomic E-state index is -3.47. The normalized spacial score (nSPS) is 18.7. The zero-order valence-electron chi connectivity index (χ0n) is 11.8. The summed E-state index contributed by atoms with van der Waals surface area (Å²) < 4.78 is 28.4. The molecule has 0 saturated heterocycles. The quantitative estimate of drug-likeness (QED) is 0.897. The number of hydrogen-bond donors (Lipinski definition) is 2. The number of fused-ring (bicyclic) bond motifs is 1. The van der Waals surface area contributed by atoms with Crippen molar-refractivity contribution in [1.82, 2.24) is 4.72 Å². The third-order valence-corrected chi connectivity index (χ3v) is 8.00. The lowest BCUT2D eigenvalue weighted by atomic mass is 9.95. The van der Waals surface area contributed by atoms with Crippen molar-refractivity contribution in [2.24, 2.45) is 5.73 Å². The first-order valence-electron chi connectivity index (χ1n) is 6.89. The van der Waals surface area contributed by atoms with Gasteiger partial charge in [0.2, 0.25) is 0 Å². The Labute approximate surface area is 133 Å². The van der Waals surface area contributed by atoms with Crippen molar-refractivity contribution in [2.75, 3.05) is 0 Å². The average Bonchev–Trinajstić information content (AvgIpc) is 3.05. The second-order valence-corrected chi connectivity index (χ2v) is 9.32. The highest BCUT2D eigenvalue weighted by Gasteiger charge is 2.27. The van der Waals surface area contributed by atoms with E-state index in [1.165, 1.54) is 16.2 Å². The van der Waals surface area contributed by atoms with Crippen LogP contribution in [-0.4, -0.2) is 8.42 Å². The smallest absolute Gasteiger partial charge is 0.250 e. The summed E-state index contributed by atoms with van der Waals surface area (Å²) >= 11 is 2.98. The van der Waals surface area contributed by atoms with Gasteiger partial charge in [0.1, 0.15) is 4.21 Å². The number of hydrogen-bond acceptors (Lipinski definition) is 5. The van der Waals surface area contributed by atoms with Crippen LogP contribution in [-0.2, 0) is 23.0 Å². The second-order valence-electron chi connectivity index (χ2n) is 5.24. The average molecular weight is 343 g/mol. The van der Waals surface area contributed by atoms with Gasteiger partial charge in [0.15, 0.2) is 0 Å². The van der Waals surface area contributed by atoms with Crippen LogP contribution in [0, 0.1) is 6.92 Å². The number of sulfonamides is 1. The molecule has 0 spiro atoms. The lowest BCUT2D eigenvalue weighted by molar-refractivity contribution is 0.512. The largest absolute Gasteiger partial charge is 0.326 e. The molecule has 2 aromatic rings. The highest BCUT2D eigenvalue weighted by atomic mass is 32.2. The van der Waals surface area contributed by atoms with Crippen LogP contribution in [0.5, 0.6) is 0 Å². The van der Waals surface area contributed by atoms with E-state index >= 15 is 0 Å². The Morgan fingerprint density at radius 3 is 3.00 bits per heavy atom. The zero-order chi connectivity index (χ0) is 15.0. The summed E-state index contributed by atoms with van der Waals surface area (Å²) in [5.41, 5.74) is 7.73. The molecule has 0 amide bonds. The number of aryl methyl sites for hydroxylation is 2. The zero-order valence-corrected chi connectivity index (χ0v) is 14.2. The van der Waals surface area contributed by atoms with E-state index in [0.29, 0.717) is 10.8 Å². The monoisotopic (exact) mass is 342 g/mol. The van der Waals surface area contributed by atoms with Gasteiger partial charge in [-0.15, -0.1) is 22.7 Å². The molecule has 7 heteroatoms. The van der Waals surface area contributed by atoms with Gasteiger partial charge in [-0.3, -0.25) is 0 Å². The summed E-state index contributed by atoms with van der Waals surface area (Å²) in [6.07, 6.45) is 2.94. The molecule has 0 aliphatic heterocycles.